The summed E-state index contributed by atoms with van der Waals surface area (Å²) in [5, 5.41) is 18.4. The third-order valence-corrected chi connectivity index (χ3v) is 2.18. The van der Waals surface area contributed by atoms with E-state index in [1.807, 2.05) is 0 Å². The fourth-order valence-electron chi connectivity index (χ4n) is 1.27. The van der Waals surface area contributed by atoms with Crippen molar-refractivity contribution >= 4 is 11.6 Å². The molecule has 0 aliphatic rings. The van der Waals surface area contributed by atoms with Crippen LogP contribution >= 0.6 is 11.6 Å². The maximum absolute atomic E-state index is 13.2. The number of nitrogens with two attached hydrogens (primary N) is 1. The van der Waals surface area contributed by atoms with Crippen LogP contribution in [-0.2, 0) is 6.42 Å². The van der Waals surface area contributed by atoms with Gasteiger partial charge in [-0.15, -0.1) is 0 Å². The van der Waals surface area contributed by atoms with E-state index in [1.54, 1.807) is 13.8 Å². The fraction of sp³-hybridized carbons (Fsp3) is 0.400. The summed E-state index contributed by atoms with van der Waals surface area (Å²) >= 11 is 5.58. The van der Waals surface area contributed by atoms with Crippen LogP contribution in [0.4, 0.5) is 4.39 Å². The van der Waals surface area contributed by atoms with E-state index in [-0.39, 0.29) is 17.0 Å². The summed E-state index contributed by atoms with van der Waals surface area (Å²) in [6.45, 7) is 3.48. The van der Waals surface area contributed by atoms with Gasteiger partial charge in [-0.2, -0.15) is 4.39 Å². The number of benzene rings is 1. The molecule has 0 aromatic heterocycles. The highest BCUT2D eigenvalue weighted by molar-refractivity contribution is 6.32. The Balaban J connectivity index is 3.21. The number of rotatable bonds is 2. The van der Waals surface area contributed by atoms with Crippen molar-refractivity contribution in [3.63, 3.8) is 0 Å². The van der Waals surface area contributed by atoms with E-state index < -0.39 is 22.9 Å². The van der Waals surface area contributed by atoms with Gasteiger partial charge < -0.3 is 15.9 Å². The van der Waals surface area contributed by atoms with Crippen molar-refractivity contribution in [2.75, 3.05) is 0 Å². The quantitative estimate of drug-likeness (QED) is 0.734. The van der Waals surface area contributed by atoms with Gasteiger partial charge in [0.2, 0.25) is 5.82 Å². The minimum absolute atomic E-state index is 0.135. The second-order valence-electron chi connectivity index (χ2n) is 4.19. The average Bonchev–Trinajstić information content (AvgIpc) is 2.08. The van der Waals surface area contributed by atoms with Crippen molar-refractivity contribution in [2.24, 2.45) is 5.73 Å². The topological polar surface area (TPSA) is 66.5 Å². The number of hydrogen-bond acceptors (Lipinski definition) is 3. The van der Waals surface area contributed by atoms with Crippen LogP contribution in [0.15, 0.2) is 6.07 Å². The SMILES string of the molecule is CC(C)(N)Cc1cc(Cl)c(O)c(F)c1O. The molecule has 1 aromatic carbocycles. The molecule has 1 aromatic rings. The van der Waals surface area contributed by atoms with E-state index in [2.05, 4.69) is 0 Å². The van der Waals surface area contributed by atoms with Crippen molar-refractivity contribution in [1.29, 1.82) is 0 Å². The molecule has 0 aliphatic carbocycles. The molecular weight excluding hydrogens is 221 g/mol. The van der Waals surface area contributed by atoms with Gasteiger partial charge in [0.05, 0.1) is 5.02 Å². The van der Waals surface area contributed by atoms with Gasteiger partial charge in [0, 0.05) is 11.1 Å². The smallest absolute Gasteiger partial charge is 0.208 e. The Bertz CT molecular complexity index is 388. The van der Waals surface area contributed by atoms with Gasteiger partial charge in [-0.25, -0.2) is 0 Å². The molecule has 0 saturated carbocycles. The highest BCUT2D eigenvalue weighted by Gasteiger charge is 2.20. The largest absolute Gasteiger partial charge is 0.505 e. The van der Waals surface area contributed by atoms with Crippen LogP contribution in [0.3, 0.4) is 0 Å². The molecule has 0 unspecified atom stereocenters. The van der Waals surface area contributed by atoms with Crippen LogP contribution in [0.1, 0.15) is 19.4 Å². The minimum atomic E-state index is -1.11. The molecule has 0 radical (unpaired) electrons. The summed E-state index contributed by atoms with van der Waals surface area (Å²) in [5.41, 5.74) is 5.42. The van der Waals surface area contributed by atoms with Gasteiger partial charge in [0.25, 0.3) is 0 Å². The second kappa shape index (κ2) is 3.87. The number of phenols is 2. The number of halogens is 2. The summed E-state index contributed by atoms with van der Waals surface area (Å²) in [7, 11) is 0. The lowest BCUT2D eigenvalue weighted by molar-refractivity contribution is 0.380. The maximum Gasteiger partial charge on any atom is 0.208 e. The monoisotopic (exact) mass is 233 g/mol. The first-order chi connectivity index (χ1) is 6.72. The highest BCUT2D eigenvalue weighted by atomic mass is 35.5. The fourth-order valence-corrected chi connectivity index (χ4v) is 1.49. The van der Waals surface area contributed by atoms with Gasteiger partial charge in [0.1, 0.15) is 0 Å². The van der Waals surface area contributed by atoms with Crippen LogP contribution in [-0.4, -0.2) is 15.8 Å². The van der Waals surface area contributed by atoms with E-state index in [1.165, 1.54) is 6.07 Å². The molecule has 84 valence electrons. The number of phenolic OH excluding ortho intramolecular Hbond substituents is 2. The van der Waals surface area contributed by atoms with Crippen LogP contribution in [0.5, 0.6) is 11.5 Å². The van der Waals surface area contributed by atoms with E-state index in [0.717, 1.165) is 0 Å². The Morgan fingerprint density at radius 2 is 1.93 bits per heavy atom. The van der Waals surface area contributed by atoms with Crippen molar-refractivity contribution in [3.05, 3.63) is 22.5 Å². The molecule has 1 rings (SSSR count). The molecule has 0 heterocycles. The molecule has 0 bridgehead atoms. The second-order valence-corrected chi connectivity index (χ2v) is 4.60. The Hall–Kier alpha value is -1.00. The zero-order valence-electron chi connectivity index (χ0n) is 8.51. The summed E-state index contributed by atoms with van der Waals surface area (Å²) < 4.78 is 13.2. The van der Waals surface area contributed by atoms with E-state index >= 15 is 0 Å². The predicted molar refractivity (Wildman–Crippen MR) is 56.7 cm³/mol. The summed E-state index contributed by atoms with van der Waals surface area (Å²) in [5.74, 6) is -2.45. The van der Waals surface area contributed by atoms with Gasteiger partial charge in [-0.3, -0.25) is 0 Å². The molecule has 0 saturated heterocycles. The maximum atomic E-state index is 13.2. The zero-order chi connectivity index (χ0) is 11.8. The normalized spacial score (nSPS) is 11.8. The molecule has 5 heteroatoms. The molecule has 0 atom stereocenters. The number of aromatic hydroxyl groups is 2. The molecule has 0 amide bonds. The first-order valence-electron chi connectivity index (χ1n) is 4.40. The molecular formula is C10H13ClFNO2. The van der Waals surface area contributed by atoms with E-state index in [0.29, 0.717) is 0 Å². The van der Waals surface area contributed by atoms with Gasteiger partial charge in [-0.05, 0) is 26.3 Å². The summed E-state index contributed by atoms with van der Waals surface area (Å²) in [4.78, 5) is 0. The van der Waals surface area contributed by atoms with Crippen molar-refractivity contribution in [3.8, 4) is 11.5 Å². The third kappa shape index (κ3) is 2.73. The lowest BCUT2D eigenvalue weighted by Gasteiger charge is -2.19. The molecule has 0 fully saturated rings. The third-order valence-electron chi connectivity index (χ3n) is 1.89. The summed E-state index contributed by atoms with van der Waals surface area (Å²) in [6.07, 6.45) is 0.260. The lowest BCUT2D eigenvalue weighted by Crippen LogP contribution is -2.34. The molecule has 4 N–H and O–H groups in total. The molecule has 3 nitrogen and oxygen atoms in total. The van der Waals surface area contributed by atoms with E-state index in [9.17, 15) is 9.50 Å². The van der Waals surface area contributed by atoms with Gasteiger partial charge in [0.15, 0.2) is 11.5 Å². The Labute approximate surface area is 92.3 Å². The van der Waals surface area contributed by atoms with Crippen LogP contribution in [0.25, 0.3) is 0 Å². The standard InChI is InChI=1S/C10H13ClFNO2/c1-10(2,13)4-5-3-6(11)9(15)7(12)8(5)14/h3,14-15H,4,13H2,1-2H3. The first kappa shape index (κ1) is 12.1. The van der Waals surface area contributed by atoms with Crippen molar-refractivity contribution < 1.29 is 14.6 Å². The molecule has 0 spiro atoms. The van der Waals surface area contributed by atoms with Crippen molar-refractivity contribution in [2.45, 2.75) is 25.8 Å². The highest BCUT2D eigenvalue weighted by Crippen LogP contribution is 2.36. The number of hydrogen-bond donors (Lipinski definition) is 3. The van der Waals surface area contributed by atoms with Crippen LogP contribution in [0.2, 0.25) is 5.02 Å². The minimum Gasteiger partial charge on any atom is -0.505 e. The summed E-state index contributed by atoms with van der Waals surface area (Å²) in [6, 6.07) is 1.31. The van der Waals surface area contributed by atoms with Gasteiger partial charge in [-0.1, -0.05) is 11.6 Å². The molecule has 0 aliphatic heterocycles. The average molecular weight is 234 g/mol. The molecule has 15 heavy (non-hydrogen) atoms. The van der Waals surface area contributed by atoms with Crippen molar-refractivity contribution in [1.82, 2.24) is 0 Å². The first-order valence-corrected chi connectivity index (χ1v) is 4.78. The van der Waals surface area contributed by atoms with Gasteiger partial charge >= 0.3 is 0 Å². The Morgan fingerprint density at radius 1 is 1.40 bits per heavy atom. The predicted octanol–water partition coefficient (Wildman–Crippen LogP) is 2.17. The van der Waals surface area contributed by atoms with Crippen LogP contribution in [0, 0.1) is 5.82 Å². The lowest BCUT2D eigenvalue weighted by atomic mass is 9.95. The zero-order valence-corrected chi connectivity index (χ0v) is 9.27. The van der Waals surface area contributed by atoms with E-state index in [4.69, 9.17) is 22.4 Å². The Morgan fingerprint density at radius 3 is 2.40 bits per heavy atom. The Kier molecular flexibility index (Phi) is 3.11. The van der Waals surface area contributed by atoms with Crippen LogP contribution < -0.4 is 5.73 Å².